The van der Waals surface area contributed by atoms with Crippen LogP contribution in [0, 0.1) is 0 Å². The Morgan fingerprint density at radius 2 is 1.90 bits per heavy atom. The van der Waals surface area contributed by atoms with Gasteiger partial charge in [0.15, 0.2) is 5.78 Å². The number of hydrogen-bond acceptors (Lipinski definition) is 3. The number of hydrogen-bond donors (Lipinski definition) is 1. The van der Waals surface area contributed by atoms with E-state index in [1.165, 1.54) is 0 Å². The minimum Gasteiger partial charge on any atom is -0.412 e. The summed E-state index contributed by atoms with van der Waals surface area (Å²) in [4.78, 5) is 10.7. The molecule has 0 aliphatic heterocycles. The number of Topliss-reactive ketones (excluding diaryl/α,β-unsaturated/α-hetero) is 1. The van der Waals surface area contributed by atoms with Gasteiger partial charge in [-0.25, -0.2) is 0 Å². The normalized spacial score (nSPS) is 22.4. The van der Waals surface area contributed by atoms with Crippen LogP contribution in [-0.4, -0.2) is 22.2 Å². The number of rotatable bonds is 0. The van der Waals surface area contributed by atoms with Gasteiger partial charge in [-0.3, -0.25) is 4.79 Å². The van der Waals surface area contributed by atoms with Crippen molar-refractivity contribution in [3.63, 3.8) is 0 Å². The van der Waals surface area contributed by atoms with Crippen LogP contribution in [0.2, 0.25) is 0 Å². The second-order valence-corrected chi connectivity index (χ2v) is 2.18. The molecule has 0 heterocycles. The summed E-state index contributed by atoms with van der Waals surface area (Å²) >= 11 is 0. The molecule has 0 spiro atoms. The summed E-state index contributed by atoms with van der Waals surface area (Å²) in [5, 5.41) is 11.1. The average molecular weight is 145 g/mol. The monoisotopic (exact) mass is 145 g/mol. The van der Waals surface area contributed by atoms with Crippen LogP contribution in [0.5, 0.6) is 0 Å². The van der Waals surface area contributed by atoms with E-state index < -0.39 is 0 Å². The Kier molecular flexibility index (Phi) is 3.64. The predicted molar refractivity (Wildman–Crippen MR) is 36.3 cm³/mol. The molecule has 1 saturated carbocycles. The number of oxime groups is 1. The zero-order valence-electron chi connectivity index (χ0n) is 5.63. The van der Waals surface area contributed by atoms with Gasteiger partial charge in [0.25, 0.3) is 0 Å². The zero-order valence-corrected chi connectivity index (χ0v) is 5.63. The standard InChI is InChI=1S/C6H9NO2.H2O/c8-6-4-2-1-3-5(6)7-9;/h9H,1-4H2;1H2/b7-5+;. The molecule has 1 aliphatic rings. The van der Waals surface area contributed by atoms with Crippen molar-refractivity contribution in [2.45, 2.75) is 25.7 Å². The molecule has 10 heavy (non-hydrogen) atoms. The highest BCUT2D eigenvalue weighted by atomic mass is 16.4. The minimum atomic E-state index is 0. The second kappa shape index (κ2) is 4.00. The van der Waals surface area contributed by atoms with Crippen molar-refractivity contribution in [1.82, 2.24) is 0 Å². The highest BCUT2D eigenvalue weighted by Gasteiger charge is 2.16. The van der Waals surface area contributed by atoms with Crippen molar-refractivity contribution in [3.8, 4) is 0 Å². The topological polar surface area (TPSA) is 81.2 Å². The lowest BCUT2D eigenvalue weighted by atomic mass is 9.97. The molecule has 4 nitrogen and oxygen atoms in total. The minimum absolute atomic E-state index is 0. The van der Waals surface area contributed by atoms with Gasteiger partial charge in [-0.05, 0) is 19.3 Å². The maximum atomic E-state index is 10.7. The molecule has 0 bridgehead atoms. The molecule has 1 aliphatic carbocycles. The molecule has 0 atom stereocenters. The van der Waals surface area contributed by atoms with Gasteiger partial charge in [-0.1, -0.05) is 5.16 Å². The largest absolute Gasteiger partial charge is 0.412 e. The van der Waals surface area contributed by atoms with E-state index >= 15 is 0 Å². The number of carbonyl (C=O) groups excluding carboxylic acids is 1. The quantitative estimate of drug-likeness (QED) is 0.388. The van der Waals surface area contributed by atoms with E-state index in [4.69, 9.17) is 5.21 Å². The maximum Gasteiger partial charge on any atom is 0.180 e. The van der Waals surface area contributed by atoms with Crippen LogP contribution in [0.25, 0.3) is 0 Å². The summed E-state index contributed by atoms with van der Waals surface area (Å²) in [6, 6.07) is 0. The molecule has 4 heteroatoms. The van der Waals surface area contributed by atoms with Crippen LogP contribution in [-0.2, 0) is 4.79 Å². The van der Waals surface area contributed by atoms with E-state index in [0.29, 0.717) is 18.6 Å². The van der Waals surface area contributed by atoms with Crippen molar-refractivity contribution in [2.75, 3.05) is 0 Å². The maximum absolute atomic E-state index is 10.7. The summed E-state index contributed by atoms with van der Waals surface area (Å²) < 4.78 is 0. The van der Waals surface area contributed by atoms with Gasteiger partial charge in [0.05, 0.1) is 0 Å². The van der Waals surface area contributed by atoms with Gasteiger partial charge >= 0.3 is 0 Å². The molecule has 58 valence electrons. The number of ketones is 1. The van der Waals surface area contributed by atoms with E-state index in [-0.39, 0.29) is 11.3 Å². The molecule has 0 aromatic rings. The molecule has 0 radical (unpaired) electrons. The summed E-state index contributed by atoms with van der Waals surface area (Å²) in [6.45, 7) is 0. The van der Waals surface area contributed by atoms with E-state index in [0.717, 1.165) is 12.8 Å². The van der Waals surface area contributed by atoms with Gasteiger partial charge in [-0.2, -0.15) is 0 Å². The third kappa shape index (κ3) is 1.80. The summed E-state index contributed by atoms with van der Waals surface area (Å²) in [6.07, 6.45) is 3.12. The Hall–Kier alpha value is -0.900. The van der Waals surface area contributed by atoms with Crippen molar-refractivity contribution in [2.24, 2.45) is 5.16 Å². The van der Waals surface area contributed by atoms with E-state index in [9.17, 15) is 4.79 Å². The predicted octanol–water partition coefficient (Wildman–Crippen LogP) is 0.135. The summed E-state index contributed by atoms with van der Waals surface area (Å²) in [5.74, 6) is 0.00347. The lowest BCUT2D eigenvalue weighted by molar-refractivity contribution is -0.113. The van der Waals surface area contributed by atoms with Gasteiger partial charge in [-0.15, -0.1) is 0 Å². The van der Waals surface area contributed by atoms with Crippen LogP contribution in [0.3, 0.4) is 0 Å². The zero-order chi connectivity index (χ0) is 6.69. The third-order valence-corrected chi connectivity index (χ3v) is 1.51. The average Bonchev–Trinajstić information content (AvgIpc) is 1.89. The molecule has 0 saturated heterocycles. The first-order chi connectivity index (χ1) is 4.34. The third-order valence-electron chi connectivity index (χ3n) is 1.51. The Morgan fingerprint density at radius 1 is 1.30 bits per heavy atom. The fourth-order valence-corrected chi connectivity index (χ4v) is 0.967. The summed E-state index contributed by atoms with van der Waals surface area (Å²) in [5.41, 5.74) is 0.348. The van der Waals surface area contributed by atoms with Gasteiger partial charge in [0.2, 0.25) is 0 Å². The number of carbonyl (C=O) groups is 1. The molecule has 1 fully saturated rings. The van der Waals surface area contributed by atoms with Crippen LogP contribution >= 0.6 is 0 Å². The van der Waals surface area contributed by atoms with Gasteiger partial charge < -0.3 is 10.7 Å². The Labute approximate surface area is 58.8 Å². The molecule has 0 aromatic heterocycles. The van der Waals surface area contributed by atoms with Crippen LogP contribution in [0.1, 0.15) is 25.7 Å². The van der Waals surface area contributed by atoms with E-state index in [2.05, 4.69) is 5.16 Å². The smallest absolute Gasteiger partial charge is 0.180 e. The molecular weight excluding hydrogens is 134 g/mol. The highest BCUT2D eigenvalue weighted by molar-refractivity contribution is 6.40. The van der Waals surface area contributed by atoms with Crippen LogP contribution < -0.4 is 0 Å². The van der Waals surface area contributed by atoms with Gasteiger partial charge in [0.1, 0.15) is 5.71 Å². The first-order valence-electron chi connectivity index (χ1n) is 3.08. The lowest BCUT2D eigenvalue weighted by Crippen LogP contribution is -2.18. The highest BCUT2D eigenvalue weighted by Crippen LogP contribution is 2.10. The van der Waals surface area contributed by atoms with Crippen molar-refractivity contribution < 1.29 is 15.5 Å². The van der Waals surface area contributed by atoms with Crippen molar-refractivity contribution in [3.05, 3.63) is 0 Å². The molecular formula is C6H11NO3. The Morgan fingerprint density at radius 3 is 2.30 bits per heavy atom. The van der Waals surface area contributed by atoms with E-state index in [1.54, 1.807) is 0 Å². The first-order valence-corrected chi connectivity index (χ1v) is 3.08. The van der Waals surface area contributed by atoms with Crippen molar-refractivity contribution >= 4 is 11.5 Å². The first kappa shape index (κ1) is 9.10. The SMILES string of the molecule is O.O=C1CCCC/C1=N\O. The molecule has 1 rings (SSSR count). The Bertz CT molecular complexity index is 153. The summed E-state index contributed by atoms with van der Waals surface area (Å²) in [7, 11) is 0. The van der Waals surface area contributed by atoms with Crippen LogP contribution in [0.4, 0.5) is 0 Å². The second-order valence-electron chi connectivity index (χ2n) is 2.18. The lowest BCUT2D eigenvalue weighted by Gasteiger charge is -2.07. The Balaban J connectivity index is 0.000000810. The molecule has 3 N–H and O–H groups in total. The van der Waals surface area contributed by atoms with E-state index in [1.807, 2.05) is 0 Å². The van der Waals surface area contributed by atoms with Crippen molar-refractivity contribution in [1.29, 1.82) is 0 Å². The fourth-order valence-electron chi connectivity index (χ4n) is 0.967. The van der Waals surface area contributed by atoms with Gasteiger partial charge in [0, 0.05) is 6.42 Å². The molecule has 0 amide bonds. The fraction of sp³-hybridized carbons (Fsp3) is 0.667. The molecule has 0 unspecified atom stereocenters. The van der Waals surface area contributed by atoms with Crippen LogP contribution in [0.15, 0.2) is 5.16 Å². The number of nitrogens with zero attached hydrogens (tertiary/aromatic N) is 1. The molecule has 0 aromatic carbocycles.